The Morgan fingerprint density at radius 3 is 2.41 bits per heavy atom. The Labute approximate surface area is 202 Å². The van der Waals surface area contributed by atoms with Gasteiger partial charge in [-0.3, -0.25) is 4.79 Å². The summed E-state index contributed by atoms with van der Waals surface area (Å²) in [6, 6.07) is 6.55. The molecular formula is C27H37N3O4. The maximum atomic E-state index is 12.0. The molecule has 2 aromatic rings. The first-order valence-electron chi connectivity index (χ1n) is 12.1. The van der Waals surface area contributed by atoms with Crippen LogP contribution in [0, 0.1) is 5.41 Å². The number of methoxy groups -OCH3 is 3. The van der Waals surface area contributed by atoms with E-state index in [0.717, 1.165) is 62.4 Å². The number of nitrogens with zero attached hydrogens (tertiary/aromatic N) is 2. The predicted molar refractivity (Wildman–Crippen MR) is 134 cm³/mol. The van der Waals surface area contributed by atoms with Crippen LogP contribution < -0.4 is 19.9 Å². The second kappa shape index (κ2) is 10.1. The minimum atomic E-state index is -0.602. The fourth-order valence-corrected chi connectivity index (χ4v) is 5.23. The van der Waals surface area contributed by atoms with Crippen LogP contribution in [0.15, 0.2) is 30.5 Å². The number of hydrogen-bond acceptors (Lipinski definition) is 5. The molecule has 1 aromatic carbocycles. The standard InChI is InChI=1S/C27H37N3O4/c1-27(26(28)31)11-7-19-8-15-30(22(19)18-27)21-9-13-29(14-10-21)12-5-6-20-16-24(33-3)25(34-4)17-23(20)32-2/h7-8,11,15-17,21H,5-6,9-10,12-14,18H2,1-4H3,(H2,28,31). The molecule has 0 spiro atoms. The third-order valence-electron chi connectivity index (χ3n) is 7.45. The molecule has 7 heteroatoms. The first-order chi connectivity index (χ1) is 16.4. The van der Waals surface area contributed by atoms with Gasteiger partial charge in [0.25, 0.3) is 0 Å². The zero-order chi connectivity index (χ0) is 24.3. The summed E-state index contributed by atoms with van der Waals surface area (Å²) in [5.74, 6) is 1.99. The summed E-state index contributed by atoms with van der Waals surface area (Å²) < 4.78 is 18.8. The molecule has 1 amide bonds. The minimum Gasteiger partial charge on any atom is -0.496 e. The fourth-order valence-electron chi connectivity index (χ4n) is 5.23. The Kier molecular flexibility index (Phi) is 7.22. The van der Waals surface area contributed by atoms with Crippen molar-refractivity contribution in [3.05, 3.63) is 47.3 Å². The lowest BCUT2D eigenvalue weighted by Gasteiger charge is -2.35. The van der Waals surface area contributed by atoms with E-state index in [1.807, 2.05) is 25.1 Å². The monoisotopic (exact) mass is 467 g/mol. The summed E-state index contributed by atoms with van der Waals surface area (Å²) in [6.45, 7) is 5.13. The van der Waals surface area contributed by atoms with Crippen molar-refractivity contribution < 1.29 is 19.0 Å². The second-order valence-corrected chi connectivity index (χ2v) is 9.61. The van der Waals surface area contributed by atoms with Gasteiger partial charge in [-0.05, 0) is 62.4 Å². The number of rotatable bonds is 9. The van der Waals surface area contributed by atoms with Crippen LogP contribution in [0.3, 0.4) is 0 Å². The van der Waals surface area contributed by atoms with Gasteiger partial charge in [-0.2, -0.15) is 0 Å². The molecule has 4 rings (SSSR count). The van der Waals surface area contributed by atoms with E-state index in [2.05, 4.69) is 27.8 Å². The minimum absolute atomic E-state index is 0.261. The molecule has 1 aromatic heterocycles. The number of hydrogen-bond donors (Lipinski definition) is 1. The van der Waals surface area contributed by atoms with Crippen LogP contribution in [0.25, 0.3) is 6.08 Å². The largest absolute Gasteiger partial charge is 0.496 e. The lowest BCUT2D eigenvalue weighted by molar-refractivity contribution is -0.124. The molecule has 184 valence electrons. The van der Waals surface area contributed by atoms with Crippen molar-refractivity contribution >= 4 is 12.0 Å². The molecular weight excluding hydrogens is 430 g/mol. The number of likely N-dealkylation sites (tertiary alicyclic amines) is 1. The topological polar surface area (TPSA) is 78.9 Å². The number of aromatic nitrogens is 1. The number of primary amides is 1. The maximum Gasteiger partial charge on any atom is 0.227 e. The average molecular weight is 468 g/mol. The number of aryl methyl sites for hydroxylation is 1. The Bertz CT molecular complexity index is 1050. The summed E-state index contributed by atoms with van der Waals surface area (Å²) in [5, 5.41) is 0. The molecule has 34 heavy (non-hydrogen) atoms. The molecule has 2 heterocycles. The van der Waals surface area contributed by atoms with Gasteiger partial charge in [0.15, 0.2) is 11.5 Å². The molecule has 1 aliphatic carbocycles. The van der Waals surface area contributed by atoms with Crippen molar-refractivity contribution in [1.29, 1.82) is 0 Å². The summed E-state index contributed by atoms with van der Waals surface area (Å²) >= 11 is 0. The number of carbonyl (C=O) groups excluding carboxylic acids is 1. The smallest absolute Gasteiger partial charge is 0.227 e. The van der Waals surface area contributed by atoms with Gasteiger partial charge in [0.2, 0.25) is 5.91 Å². The van der Waals surface area contributed by atoms with E-state index >= 15 is 0 Å². The van der Waals surface area contributed by atoms with Gasteiger partial charge in [0, 0.05) is 43.5 Å². The van der Waals surface area contributed by atoms with Crippen molar-refractivity contribution in [2.45, 2.75) is 45.1 Å². The summed E-state index contributed by atoms with van der Waals surface area (Å²) in [6.07, 6.45) is 11.1. The quantitative estimate of drug-likeness (QED) is 0.606. The van der Waals surface area contributed by atoms with E-state index in [-0.39, 0.29) is 5.91 Å². The number of ether oxygens (including phenoxy) is 3. The fraction of sp³-hybridized carbons (Fsp3) is 0.519. The molecule has 1 fully saturated rings. The van der Waals surface area contributed by atoms with Gasteiger partial charge in [-0.15, -0.1) is 0 Å². The van der Waals surface area contributed by atoms with Gasteiger partial charge in [-0.1, -0.05) is 12.2 Å². The Hall–Kier alpha value is -2.93. The van der Waals surface area contributed by atoms with Crippen molar-refractivity contribution in [2.75, 3.05) is 41.0 Å². The maximum absolute atomic E-state index is 12.0. The molecule has 2 aliphatic rings. The molecule has 1 saturated heterocycles. The van der Waals surface area contributed by atoms with Crippen molar-refractivity contribution in [3.63, 3.8) is 0 Å². The van der Waals surface area contributed by atoms with E-state index in [0.29, 0.717) is 18.2 Å². The van der Waals surface area contributed by atoms with Gasteiger partial charge in [0.1, 0.15) is 5.75 Å². The molecule has 1 unspecified atom stereocenters. The van der Waals surface area contributed by atoms with Crippen molar-refractivity contribution in [3.8, 4) is 17.2 Å². The molecule has 7 nitrogen and oxygen atoms in total. The lowest BCUT2D eigenvalue weighted by atomic mass is 9.79. The van der Waals surface area contributed by atoms with E-state index < -0.39 is 5.41 Å². The first kappa shape index (κ1) is 24.2. The summed E-state index contributed by atoms with van der Waals surface area (Å²) in [5.41, 5.74) is 8.67. The van der Waals surface area contributed by atoms with Gasteiger partial charge >= 0.3 is 0 Å². The highest BCUT2D eigenvalue weighted by Crippen LogP contribution is 2.37. The number of nitrogens with two attached hydrogens (primary N) is 1. The first-order valence-corrected chi connectivity index (χ1v) is 12.1. The van der Waals surface area contributed by atoms with Gasteiger partial charge in [0.05, 0.1) is 26.7 Å². The van der Waals surface area contributed by atoms with Crippen LogP contribution in [0.2, 0.25) is 0 Å². The molecule has 2 N–H and O–H groups in total. The van der Waals surface area contributed by atoms with Crippen LogP contribution in [0.4, 0.5) is 0 Å². The highest BCUT2D eigenvalue weighted by Gasteiger charge is 2.34. The SMILES string of the molecule is COc1cc(OC)c(OC)cc1CCCN1CCC(n2ccc3c2CC(C)(C(N)=O)C=C3)CC1. The van der Waals surface area contributed by atoms with Crippen LogP contribution in [-0.4, -0.2) is 56.3 Å². The third kappa shape index (κ3) is 4.80. The Morgan fingerprint density at radius 2 is 1.76 bits per heavy atom. The zero-order valence-electron chi connectivity index (χ0n) is 20.8. The Morgan fingerprint density at radius 1 is 1.09 bits per heavy atom. The molecule has 1 aliphatic heterocycles. The van der Waals surface area contributed by atoms with Crippen LogP contribution in [0.1, 0.15) is 49.0 Å². The highest BCUT2D eigenvalue weighted by molar-refractivity contribution is 5.85. The van der Waals surface area contributed by atoms with E-state index in [4.69, 9.17) is 19.9 Å². The van der Waals surface area contributed by atoms with E-state index in [1.165, 1.54) is 11.3 Å². The molecule has 1 atom stereocenters. The van der Waals surface area contributed by atoms with Crippen LogP contribution >= 0.6 is 0 Å². The van der Waals surface area contributed by atoms with Gasteiger partial charge in [-0.25, -0.2) is 0 Å². The number of amides is 1. The van der Waals surface area contributed by atoms with E-state index in [1.54, 1.807) is 21.3 Å². The number of carbonyl (C=O) groups is 1. The highest BCUT2D eigenvalue weighted by atomic mass is 16.5. The van der Waals surface area contributed by atoms with Crippen LogP contribution in [-0.2, 0) is 17.6 Å². The van der Waals surface area contributed by atoms with Crippen molar-refractivity contribution in [2.24, 2.45) is 11.1 Å². The predicted octanol–water partition coefficient (Wildman–Crippen LogP) is 3.84. The zero-order valence-corrected chi connectivity index (χ0v) is 20.8. The number of fused-ring (bicyclic) bond motifs is 1. The average Bonchev–Trinajstić information content (AvgIpc) is 3.26. The third-order valence-corrected chi connectivity index (χ3v) is 7.45. The number of piperidine rings is 1. The normalized spacial score (nSPS) is 20.7. The molecule has 0 radical (unpaired) electrons. The lowest BCUT2D eigenvalue weighted by Crippen LogP contribution is -2.38. The number of benzene rings is 1. The Balaban J connectivity index is 1.32. The molecule has 0 saturated carbocycles. The summed E-state index contributed by atoms with van der Waals surface area (Å²) in [7, 11) is 4.99. The summed E-state index contributed by atoms with van der Waals surface area (Å²) in [4.78, 5) is 14.5. The van der Waals surface area contributed by atoms with Crippen molar-refractivity contribution in [1.82, 2.24) is 9.47 Å². The van der Waals surface area contributed by atoms with E-state index in [9.17, 15) is 4.79 Å². The van der Waals surface area contributed by atoms with Crippen LogP contribution in [0.5, 0.6) is 17.2 Å². The molecule has 0 bridgehead atoms. The second-order valence-electron chi connectivity index (χ2n) is 9.61. The van der Waals surface area contributed by atoms with Gasteiger partial charge < -0.3 is 29.4 Å².